The monoisotopic (exact) mass is 470 g/mol. The lowest BCUT2D eigenvalue weighted by atomic mass is 10.0. The van der Waals surface area contributed by atoms with Crippen molar-refractivity contribution in [1.82, 2.24) is 15.3 Å². The van der Waals surface area contributed by atoms with Crippen LogP contribution in [0.3, 0.4) is 0 Å². The molecule has 1 aliphatic heterocycles. The van der Waals surface area contributed by atoms with Crippen molar-refractivity contribution >= 4 is 46.7 Å². The van der Waals surface area contributed by atoms with E-state index in [-0.39, 0.29) is 33.2 Å². The van der Waals surface area contributed by atoms with E-state index in [0.717, 1.165) is 0 Å². The van der Waals surface area contributed by atoms with Crippen LogP contribution in [0.2, 0.25) is 10.0 Å². The molecule has 1 saturated heterocycles. The fourth-order valence-corrected chi connectivity index (χ4v) is 3.86. The zero-order valence-electron chi connectivity index (χ0n) is 16.6. The van der Waals surface area contributed by atoms with Crippen LogP contribution in [0.25, 0.3) is 0 Å². The number of ether oxygens (including phenoxy) is 1. The summed E-state index contributed by atoms with van der Waals surface area (Å²) < 4.78 is 5.53. The number of nitrogens with zero attached hydrogens (tertiary/aromatic N) is 2. The summed E-state index contributed by atoms with van der Waals surface area (Å²) in [6.45, 7) is 2.42. The van der Waals surface area contributed by atoms with Gasteiger partial charge in [0.25, 0.3) is 5.91 Å². The van der Waals surface area contributed by atoms with Gasteiger partial charge in [-0.15, -0.1) is 0 Å². The average molecular weight is 471 g/mol. The van der Waals surface area contributed by atoms with E-state index in [1.807, 2.05) is 0 Å². The van der Waals surface area contributed by atoms with Gasteiger partial charge in [-0.3, -0.25) is 4.79 Å². The van der Waals surface area contributed by atoms with Crippen LogP contribution >= 0.6 is 23.2 Å². The molecule has 3 heterocycles. The number of hydrogen-bond donors (Lipinski definition) is 4. The van der Waals surface area contributed by atoms with Crippen LogP contribution in [0.15, 0.2) is 12.1 Å². The number of piperidine rings is 1. The Balaban J connectivity index is 1.78. The molecular formula is C19H20Cl2N4O6. The fraction of sp³-hybridized carbons (Fsp3) is 0.368. The predicted octanol–water partition coefficient (Wildman–Crippen LogP) is 2.45. The van der Waals surface area contributed by atoms with Gasteiger partial charge in [-0.2, -0.15) is 0 Å². The second kappa shape index (κ2) is 9.13. The van der Waals surface area contributed by atoms with Gasteiger partial charge in [0, 0.05) is 31.6 Å². The van der Waals surface area contributed by atoms with Crippen LogP contribution in [-0.4, -0.2) is 70.4 Å². The first-order valence-corrected chi connectivity index (χ1v) is 9.98. The first-order valence-electron chi connectivity index (χ1n) is 9.23. The first-order chi connectivity index (χ1) is 14.6. The van der Waals surface area contributed by atoms with Crippen molar-refractivity contribution < 1.29 is 29.3 Å². The van der Waals surface area contributed by atoms with Crippen LogP contribution in [-0.2, 0) is 4.74 Å². The molecule has 3 rings (SSSR count). The minimum atomic E-state index is -1.33. The summed E-state index contributed by atoms with van der Waals surface area (Å²) in [5.41, 5.74) is 0.399. The lowest BCUT2D eigenvalue weighted by Gasteiger charge is -2.39. The highest BCUT2D eigenvalue weighted by atomic mass is 35.5. The van der Waals surface area contributed by atoms with E-state index in [0.29, 0.717) is 30.9 Å². The predicted molar refractivity (Wildman–Crippen MR) is 113 cm³/mol. The second-order valence-electron chi connectivity index (χ2n) is 7.05. The number of aromatic carboxylic acids is 2. The number of anilines is 1. The largest absolute Gasteiger partial charge is 0.477 e. The average Bonchev–Trinajstić information content (AvgIpc) is 3.00. The fourth-order valence-electron chi connectivity index (χ4n) is 3.44. The Morgan fingerprint density at radius 1 is 1.19 bits per heavy atom. The smallest absolute Gasteiger partial charge is 0.354 e. The second-order valence-corrected chi connectivity index (χ2v) is 7.80. The van der Waals surface area contributed by atoms with E-state index in [2.05, 4.69) is 15.3 Å². The van der Waals surface area contributed by atoms with Gasteiger partial charge < -0.3 is 30.2 Å². The Labute approximate surface area is 187 Å². The van der Waals surface area contributed by atoms with Gasteiger partial charge in [0.05, 0.1) is 22.2 Å². The first kappa shape index (κ1) is 22.9. The molecule has 0 bridgehead atoms. The van der Waals surface area contributed by atoms with Crippen molar-refractivity contribution in [1.29, 1.82) is 0 Å². The number of aromatic amines is 1. The lowest BCUT2D eigenvalue weighted by molar-refractivity contribution is 0.0539. The minimum Gasteiger partial charge on any atom is -0.477 e. The van der Waals surface area contributed by atoms with E-state index < -0.39 is 23.9 Å². The van der Waals surface area contributed by atoms with Crippen molar-refractivity contribution in [2.24, 2.45) is 0 Å². The molecule has 2 aromatic heterocycles. The van der Waals surface area contributed by atoms with Crippen LogP contribution in [0.5, 0.6) is 0 Å². The van der Waals surface area contributed by atoms with Crippen molar-refractivity contribution in [2.45, 2.75) is 25.5 Å². The number of amides is 1. The number of pyridine rings is 1. The highest BCUT2D eigenvalue weighted by Crippen LogP contribution is 2.29. The Morgan fingerprint density at radius 2 is 1.81 bits per heavy atom. The van der Waals surface area contributed by atoms with Crippen LogP contribution in [0.1, 0.15) is 43.6 Å². The highest BCUT2D eigenvalue weighted by molar-refractivity contribution is 6.44. The van der Waals surface area contributed by atoms with Gasteiger partial charge in [-0.1, -0.05) is 23.2 Å². The molecule has 31 heavy (non-hydrogen) atoms. The molecule has 0 spiro atoms. The van der Waals surface area contributed by atoms with Gasteiger partial charge >= 0.3 is 11.9 Å². The third kappa shape index (κ3) is 4.76. The number of methoxy groups -OCH3 is 1. The molecule has 1 amide bonds. The van der Waals surface area contributed by atoms with Gasteiger partial charge in [-0.25, -0.2) is 14.6 Å². The van der Waals surface area contributed by atoms with Crippen LogP contribution in [0.4, 0.5) is 5.69 Å². The number of H-pyrrole nitrogens is 1. The molecule has 10 nitrogen and oxygen atoms in total. The van der Waals surface area contributed by atoms with Gasteiger partial charge in [0.15, 0.2) is 11.4 Å². The normalized spacial score (nSPS) is 18.6. The van der Waals surface area contributed by atoms with E-state index in [9.17, 15) is 24.6 Å². The summed E-state index contributed by atoms with van der Waals surface area (Å²) in [6.07, 6.45) is 0.0142. The topological polar surface area (TPSA) is 145 Å². The standard InChI is InChI=1S/C19H20Cl2N4O6/c1-8-14(20)15(21)16(22-8)17(26)24-10-3-4-25(7-13(10)31-2)9-5-11(18(27)28)23-12(6-9)19(29)30/h5-6,10,13,22H,3-4,7H2,1-2H3,(H,24,26)(H,27,28)(H,29,30). The highest BCUT2D eigenvalue weighted by Gasteiger charge is 2.32. The summed E-state index contributed by atoms with van der Waals surface area (Å²) in [7, 11) is 1.49. The maximum Gasteiger partial charge on any atom is 0.354 e. The van der Waals surface area contributed by atoms with Crippen LogP contribution in [0, 0.1) is 6.92 Å². The Kier molecular flexibility index (Phi) is 6.73. The molecule has 0 aromatic carbocycles. The Bertz CT molecular complexity index is 1010. The van der Waals surface area contributed by atoms with Crippen molar-refractivity contribution in [3.63, 3.8) is 0 Å². The number of carboxylic acid groups (broad SMARTS) is 2. The Hall–Kier alpha value is -2.82. The molecule has 4 N–H and O–H groups in total. The molecule has 2 unspecified atom stereocenters. The van der Waals surface area contributed by atoms with Gasteiger partial charge in [-0.05, 0) is 25.5 Å². The molecule has 0 aliphatic carbocycles. The summed E-state index contributed by atoms with van der Waals surface area (Å²) in [5, 5.41) is 21.8. The number of aromatic nitrogens is 2. The molecule has 0 radical (unpaired) electrons. The number of halogens is 2. The summed E-state index contributed by atoms with van der Waals surface area (Å²) in [4.78, 5) is 43.6. The molecule has 1 aliphatic rings. The third-order valence-electron chi connectivity index (χ3n) is 5.07. The number of nitrogens with one attached hydrogen (secondary N) is 2. The SMILES string of the molecule is COC1CN(c2cc(C(=O)O)nc(C(=O)O)c2)CCC1NC(=O)c1[nH]c(C)c(Cl)c1Cl. The maximum atomic E-state index is 12.7. The zero-order valence-corrected chi connectivity index (χ0v) is 18.1. The van der Waals surface area contributed by atoms with Crippen molar-refractivity contribution in [3.05, 3.63) is 45.0 Å². The molecule has 0 saturated carbocycles. The van der Waals surface area contributed by atoms with E-state index in [1.54, 1.807) is 11.8 Å². The number of aryl methyl sites for hydroxylation is 1. The molecule has 1 fully saturated rings. The van der Waals surface area contributed by atoms with Gasteiger partial charge in [0.2, 0.25) is 0 Å². The van der Waals surface area contributed by atoms with Crippen LogP contribution < -0.4 is 10.2 Å². The summed E-state index contributed by atoms with van der Waals surface area (Å²) in [5.74, 6) is -3.08. The van der Waals surface area contributed by atoms with Crippen molar-refractivity contribution in [3.8, 4) is 0 Å². The molecule has 2 aromatic rings. The van der Waals surface area contributed by atoms with Gasteiger partial charge in [0.1, 0.15) is 5.69 Å². The quantitative estimate of drug-likeness (QED) is 0.503. The molecule has 166 valence electrons. The number of carbonyl (C=O) groups is 3. The molecular weight excluding hydrogens is 451 g/mol. The number of carbonyl (C=O) groups excluding carboxylic acids is 1. The summed E-state index contributed by atoms with van der Waals surface area (Å²) in [6, 6.07) is 2.26. The third-order valence-corrected chi connectivity index (χ3v) is 6.02. The molecule has 2 atom stereocenters. The maximum absolute atomic E-state index is 12.7. The minimum absolute atomic E-state index is 0.141. The number of rotatable bonds is 6. The number of hydrogen-bond acceptors (Lipinski definition) is 6. The zero-order chi connectivity index (χ0) is 22.9. The van der Waals surface area contributed by atoms with E-state index in [1.165, 1.54) is 19.2 Å². The lowest BCUT2D eigenvalue weighted by Crippen LogP contribution is -2.55. The number of carboxylic acids is 2. The van der Waals surface area contributed by atoms with E-state index in [4.69, 9.17) is 27.9 Å². The Morgan fingerprint density at radius 3 is 2.29 bits per heavy atom. The molecule has 12 heteroatoms. The van der Waals surface area contributed by atoms with Crippen molar-refractivity contribution in [2.75, 3.05) is 25.1 Å². The van der Waals surface area contributed by atoms with E-state index >= 15 is 0 Å². The summed E-state index contributed by atoms with van der Waals surface area (Å²) >= 11 is 12.2.